The Labute approximate surface area is 101 Å². The van der Waals surface area contributed by atoms with Gasteiger partial charge in [0.15, 0.2) is 0 Å². The van der Waals surface area contributed by atoms with Crippen LogP contribution in [0.1, 0.15) is 18.4 Å². The van der Waals surface area contributed by atoms with Gasteiger partial charge in [0.05, 0.1) is 5.56 Å². The number of aromatic nitrogens is 1. The molecule has 0 aromatic carbocycles. The molecule has 86 valence electrons. The van der Waals surface area contributed by atoms with Gasteiger partial charge in [-0.1, -0.05) is 0 Å². The maximum Gasteiger partial charge on any atom is 0.144 e. The second-order valence-electron chi connectivity index (χ2n) is 3.68. The molecule has 0 spiro atoms. The van der Waals surface area contributed by atoms with Crippen LogP contribution in [0.4, 0.5) is 5.82 Å². The van der Waals surface area contributed by atoms with Crippen molar-refractivity contribution in [1.82, 2.24) is 10.3 Å². The predicted molar refractivity (Wildman–Crippen MR) is 65.7 cm³/mol. The van der Waals surface area contributed by atoms with Crippen molar-refractivity contribution in [3.05, 3.63) is 23.9 Å². The Balaban J connectivity index is 0.00000128. The first-order valence-corrected chi connectivity index (χ1v) is 5.22. The highest BCUT2D eigenvalue weighted by molar-refractivity contribution is 5.85. The second kappa shape index (κ2) is 6.31. The first-order valence-electron chi connectivity index (χ1n) is 5.22. The molecule has 1 aromatic rings. The van der Waals surface area contributed by atoms with E-state index in [4.69, 9.17) is 5.26 Å². The fourth-order valence-electron chi connectivity index (χ4n) is 1.77. The lowest BCUT2D eigenvalue weighted by Crippen LogP contribution is -2.35. The van der Waals surface area contributed by atoms with Crippen molar-refractivity contribution in [2.45, 2.75) is 18.9 Å². The molecule has 0 radical (unpaired) electrons. The van der Waals surface area contributed by atoms with Crippen LogP contribution in [0.5, 0.6) is 0 Å². The number of anilines is 1. The molecule has 2 heterocycles. The Morgan fingerprint density at radius 2 is 2.19 bits per heavy atom. The number of pyridine rings is 1. The number of nitrogens with one attached hydrogen (secondary N) is 2. The van der Waals surface area contributed by atoms with E-state index >= 15 is 0 Å². The number of nitrogens with zero attached hydrogens (tertiary/aromatic N) is 2. The molecule has 5 heteroatoms. The van der Waals surface area contributed by atoms with Crippen LogP contribution in [0.25, 0.3) is 0 Å². The third-order valence-electron chi connectivity index (χ3n) is 2.61. The third-order valence-corrected chi connectivity index (χ3v) is 2.61. The molecule has 0 amide bonds. The lowest BCUT2D eigenvalue weighted by molar-refractivity contribution is 0.478. The molecule has 2 N–H and O–H groups in total. The van der Waals surface area contributed by atoms with Gasteiger partial charge >= 0.3 is 0 Å². The normalized spacial score (nSPS) is 15.9. The van der Waals surface area contributed by atoms with E-state index in [0.29, 0.717) is 17.4 Å². The van der Waals surface area contributed by atoms with Gasteiger partial charge in [0.2, 0.25) is 0 Å². The summed E-state index contributed by atoms with van der Waals surface area (Å²) in [6.07, 6.45) is 3.88. The molecule has 1 aliphatic heterocycles. The van der Waals surface area contributed by atoms with Crippen LogP contribution in [-0.2, 0) is 0 Å². The van der Waals surface area contributed by atoms with E-state index in [9.17, 15) is 0 Å². The van der Waals surface area contributed by atoms with E-state index in [0.717, 1.165) is 25.9 Å². The molecular weight excluding hydrogens is 224 g/mol. The van der Waals surface area contributed by atoms with Crippen molar-refractivity contribution in [3.8, 4) is 6.07 Å². The van der Waals surface area contributed by atoms with Crippen LogP contribution in [0.3, 0.4) is 0 Å². The van der Waals surface area contributed by atoms with Gasteiger partial charge in [0.1, 0.15) is 11.9 Å². The topological polar surface area (TPSA) is 60.7 Å². The molecule has 16 heavy (non-hydrogen) atoms. The lowest BCUT2D eigenvalue weighted by Gasteiger charge is -2.24. The van der Waals surface area contributed by atoms with Gasteiger partial charge in [-0.2, -0.15) is 5.26 Å². The maximum absolute atomic E-state index is 8.91. The molecule has 1 aliphatic rings. The Morgan fingerprint density at radius 1 is 1.44 bits per heavy atom. The Morgan fingerprint density at radius 3 is 2.88 bits per heavy atom. The monoisotopic (exact) mass is 238 g/mol. The first kappa shape index (κ1) is 12.8. The van der Waals surface area contributed by atoms with Crippen molar-refractivity contribution in [2.24, 2.45) is 0 Å². The SMILES string of the molecule is Cl.N#Cc1cccnc1NC1CCNCC1. The van der Waals surface area contributed by atoms with E-state index in [-0.39, 0.29) is 12.4 Å². The quantitative estimate of drug-likeness (QED) is 0.821. The minimum Gasteiger partial charge on any atom is -0.366 e. The molecule has 0 atom stereocenters. The predicted octanol–water partition coefficient (Wildman–Crippen LogP) is 1.54. The summed E-state index contributed by atoms with van der Waals surface area (Å²) in [5, 5.41) is 15.5. The summed E-state index contributed by atoms with van der Waals surface area (Å²) in [6.45, 7) is 2.07. The minimum atomic E-state index is 0. The Hall–Kier alpha value is -1.31. The van der Waals surface area contributed by atoms with E-state index in [2.05, 4.69) is 21.7 Å². The molecule has 4 nitrogen and oxygen atoms in total. The summed E-state index contributed by atoms with van der Waals surface area (Å²) in [5.74, 6) is 0.715. The molecule has 1 saturated heterocycles. The summed E-state index contributed by atoms with van der Waals surface area (Å²) >= 11 is 0. The Kier molecular flexibility index (Phi) is 5.03. The van der Waals surface area contributed by atoms with Gasteiger partial charge in [-0.15, -0.1) is 12.4 Å². The Bertz CT molecular complexity index is 368. The van der Waals surface area contributed by atoms with Crippen molar-refractivity contribution >= 4 is 18.2 Å². The molecule has 0 unspecified atom stereocenters. The average Bonchev–Trinajstić information content (AvgIpc) is 2.31. The lowest BCUT2D eigenvalue weighted by atomic mass is 10.1. The zero-order chi connectivity index (χ0) is 10.5. The fourth-order valence-corrected chi connectivity index (χ4v) is 1.77. The van der Waals surface area contributed by atoms with Crippen LogP contribution < -0.4 is 10.6 Å². The van der Waals surface area contributed by atoms with Gasteiger partial charge in [-0.3, -0.25) is 0 Å². The van der Waals surface area contributed by atoms with E-state index in [1.807, 2.05) is 0 Å². The van der Waals surface area contributed by atoms with Crippen molar-refractivity contribution in [1.29, 1.82) is 5.26 Å². The number of rotatable bonds is 2. The number of piperidine rings is 1. The molecule has 0 saturated carbocycles. The van der Waals surface area contributed by atoms with Gasteiger partial charge in [-0.05, 0) is 38.1 Å². The second-order valence-corrected chi connectivity index (χ2v) is 3.68. The highest BCUT2D eigenvalue weighted by Gasteiger charge is 2.14. The van der Waals surface area contributed by atoms with Gasteiger partial charge in [0.25, 0.3) is 0 Å². The van der Waals surface area contributed by atoms with Gasteiger partial charge in [-0.25, -0.2) is 4.98 Å². The van der Waals surface area contributed by atoms with Crippen LogP contribution in [0.15, 0.2) is 18.3 Å². The molecule has 0 aliphatic carbocycles. The van der Waals surface area contributed by atoms with Crippen LogP contribution in [0.2, 0.25) is 0 Å². The van der Waals surface area contributed by atoms with Crippen LogP contribution >= 0.6 is 12.4 Å². The molecular formula is C11H15ClN4. The van der Waals surface area contributed by atoms with E-state index in [1.54, 1.807) is 18.3 Å². The first-order chi connectivity index (χ1) is 7.40. The highest BCUT2D eigenvalue weighted by Crippen LogP contribution is 2.14. The maximum atomic E-state index is 8.91. The van der Waals surface area contributed by atoms with Crippen LogP contribution in [-0.4, -0.2) is 24.1 Å². The highest BCUT2D eigenvalue weighted by atomic mass is 35.5. The fraction of sp³-hybridized carbons (Fsp3) is 0.455. The third kappa shape index (κ3) is 3.09. The molecule has 1 fully saturated rings. The largest absolute Gasteiger partial charge is 0.366 e. The van der Waals surface area contributed by atoms with Crippen molar-refractivity contribution < 1.29 is 0 Å². The molecule has 1 aromatic heterocycles. The van der Waals surface area contributed by atoms with Crippen molar-refractivity contribution in [2.75, 3.05) is 18.4 Å². The van der Waals surface area contributed by atoms with Gasteiger partial charge in [0, 0.05) is 12.2 Å². The molecule has 2 rings (SSSR count). The summed E-state index contributed by atoms with van der Waals surface area (Å²) < 4.78 is 0. The van der Waals surface area contributed by atoms with Crippen molar-refractivity contribution in [3.63, 3.8) is 0 Å². The number of hydrogen-bond acceptors (Lipinski definition) is 4. The summed E-state index contributed by atoms with van der Waals surface area (Å²) in [7, 11) is 0. The van der Waals surface area contributed by atoms with E-state index < -0.39 is 0 Å². The summed E-state index contributed by atoms with van der Waals surface area (Å²) in [4.78, 5) is 4.19. The smallest absolute Gasteiger partial charge is 0.144 e. The van der Waals surface area contributed by atoms with E-state index in [1.165, 1.54) is 0 Å². The number of halogens is 1. The minimum absolute atomic E-state index is 0. The zero-order valence-electron chi connectivity index (χ0n) is 8.94. The zero-order valence-corrected chi connectivity index (χ0v) is 9.76. The number of nitriles is 1. The number of hydrogen-bond donors (Lipinski definition) is 2. The van der Waals surface area contributed by atoms with Crippen LogP contribution in [0, 0.1) is 11.3 Å². The van der Waals surface area contributed by atoms with Gasteiger partial charge < -0.3 is 10.6 Å². The molecule has 0 bridgehead atoms. The standard InChI is InChI=1S/C11H14N4.ClH/c12-8-9-2-1-5-14-11(9)15-10-3-6-13-7-4-10;/h1-2,5,10,13H,3-4,6-7H2,(H,14,15);1H. The summed E-state index contributed by atoms with van der Waals surface area (Å²) in [5.41, 5.74) is 0.621. The summed E-state index contributed by atoms with van der Waals surface area (Å²) in [6, 6.07) is 6.15. The average molecular weight is 239 g/mol.